The summed E-state index contributed by atoms with van der Waals surface area (Å²) in [5.41, 5.74) is 2.03. The lowest BCUT2D eigenvalue weighted by Crippen LogP contribution is -2.38. The van der Waals surface area contributed by atoms with Gasteiger partial charge < -0.3 is 0 Å². The number of hydrogen-bond donors (Lipinski definition) is 2. The number of rotatable bonds is 4. The van der Waals surface area contributed by atoms with Crippen LogP contribution in [0.5, 0.6) is 0 Å². The van der Waals surface area contributed by atoms with Crippen molar-refractivity contribution in [3.8, 4) is 0 Å². The monoisotopic (exact) mass is 316 g/mol. The Labute approximate surface area is 122 Å². The molecule has 1 aromatic rings. The number of nitrogens with one attached hydrogen (secondary N) is 1. The standard InChI is InChI=1S/C13H17FN2O4S/c1-2-7-21(19,20)16-6-5-10-9(8-16)3-4-11(12(10)14)13(17)15-18/h3-4,18H,2,5-8H2,1H3,(H,15,17). The van der Waals surface area contributed by atoms with E-state index in [1.165, 1.54) is 21.9 Å². The summed E-state index contributed by atoms with van der Waals surface area (Å²) in [4.78, 5) is 11.3. The molecule has 1 aliphatic heterocycles. The molecule has 1 aliphatic rings. The summed E-state index contributed by atoms with van der Waals surface area (Å²) in [6, 6.07) is 2.77. The highest BCUT2D eigenvalue weighted by atomic mass is 32.2. The second-order valence-electron chi connectivity index (χ2n) is 4.91. The van der Waals surface area contributed by atoms with Crippen molar-refractivity contribution in [3.05, 3.63) is 34.6 Å². The summed E-state index contributed by atoms with van der Waals surface area (Å²) < 4.78 is 39.6. The van der Waals surface area contributed by atoms with E-state index in [-0.39, 0.29) is 30.8 Å². The number of hydrogen-bond acceptors (Lipinski definition) is 4. The van der Waals surface area contributed by atoms with Crippen LogP contribution < -0.4 is 5.48 Å². The quantitative estimate of drug-likeness (QED) is 0.642. The molecule has 1 heterocycles. The highest BCUT2D eigenvalue weighted by Crippen LogP contribution is 2.26. The van der Waals surface area contributed by atoms with Gasteiger partial charge in [0.15, 0.2) is 0 Å². The Morgan fingerprint density at radius 2 is 2.19 bits per heavy atom. The summed E-state index contributed by atoms with van der Waals surface area (Å²) in [5.74, 6) is -1.56. The molecule has 2 N–H and O–H groups in total. The highest BCUT2D eigenvalue weighted by molar-refractivity contribution is 7.89. The molecule has 0 saturated heterocycles. The van der Waals surface area contributed by atoms with E-state index in [4.69, 9.17) is 5.21 Å². The number of carbonyl (C=O) groups is 1. The first-order chi connectivity index (χ1) is 9.90. The van der Waals surface area contributed by atoms with E-state index in [9.17, 15) is 17.6 Å². The van der Waals surface area contributed by atoms with Crippen LogP contribution in [0.15, 0.2) is 12.1 Å². The van der Waals surface area contributed by atoms with E-state index in [0.29, 0.717) is 17.5 Å². The third-order valence-corrected chi connectivity index (χ3v) is 5.52. The Balaban J connectivity index is 2.32. The van der Waals surface area contributed by atoms with E-state index >= 15 is 0 Å². The van der Waals surface area contributed by atoms with Crippen LogP contribution >= 0.6 is 0 Å². The molecule has 0 radical (unpaired) electrons. The van der Waals surface area contributed by atoms with E-state index in [1.54, 1.807) is 6.92 Å². The van der Waals surface area contributed by atoms with Crippen molar-refractivity contribution in [1.82, 2.24) is 9.79 Å². The van der Waals surface area contributed by atoms with Gasteiger partial charge in [0.2, 0.25) is 10.0 Å². The fraction of sp³-hybridized carbons (Fsp3) is 0.462. The average molecular weight is 316 g/mol. The maximum absolute atomic E-state index is 14.2. The summed E-state index contributed by atoms with van der Waals surface area (Å²) in [5, 5.41) is 8.57. The number of halogens is 1. The van der Waals surface area contributed by atoms with Crippen molar-refractivity contribution >= 4 is 15.9 Å². The molecule has 8 heteroatoms. The number of nitrogens with zero attached hydrogens (tertiary/aromatic N) is 1. The molecular formula is C13H17FN2O4S. The molecule has 0 bridgehead atoms. The molecule has 1 amide bonds. The van der Waals surface area contributed by atoms with Crippen LogP contribution in [0.3, 0.4) is 0 Å². The Hall–Kier alpha value is -1.51. The Bertz CT molecular complexity index is 660. The summed E-state index contributed by atoms with van der Waals surface area (Å²) in [6.07, 6.45) is 0.728. The SMILES string of the molecule is CCCS(=O)(=O)N1CCc2c(ccc(C(=O)NO)c2F)C1. The maximum Gasteiger partial charge on any atom is 0.277 e. The van der Waals surface area contributed by atoms with Crippen LogP contribution in [0.1, 0.15) is 34.8 Å². The molecule has 0 aromatic heterocycles. The minimum atomic E-state index is -3.33. The minimum Gasteiger partial charge on any atom is -0.288 e. The lowest BCUT2D eigenvalue weighted by atomic mass is 9.97. The third-order valence-electron chi connectivity index (χ3n) is 3.50. The van der Waals surface area contributed by atoms with Crippen LogP contribution in [0.25, 0.3) is 0 Å². The second kappa shape index (κ2) is 6.08. The smallest absolute Gasteiger partial charge is 0.277 e. The fourth-order valence-electron chi connectivity index (χ4n) is 2.45. The molecule has 0 spiro atoms. The van der Waals surface area contributed by atoms with Crippen molar-refractivity contribution in [2.75, 3.05) is 12.3 Å². The molecule has 0 saturated carbocycles. The first kappa shape index (κ1) is 15.9. The van der Waals surface area contributed by atoms with Gasteiger partial charge in [-0.25, -0.2) is 18.3 Å². The number of fused-ring (bicyclic) bond motifs is 1. The highest BCUT2D eigenvalue weighted by Gasteiger charge is 2.29. The predicted molar refractivity (Wildman–Crippen MR) is 73.8 cm³/mol. The van der Waals surface area contributed by atoms with E-state index < -0.39 is 21.7 Å². The van der Waals surface area contributed by atoms with Gasteiger partial charge in [-0.2, -0.15) is 4.31 Å². The largest absolute Gasteiger partial charge is 0.288 e. The third kappa shape index (κ3) is 3.07. The van der Waals surface area contributed by atoms with E-state index in [0.717, 1.165) is 0 Å². The molecule has 0 atom stereocenters. The normalized spacial score (nSPS) is 15.6. The van der Waals surface area contributed by atoms with Crippen molar-refractivity contribution in [3.63, 3.8) is 0 Å². The molecule has 21 heavy (non-hydrogen) atoms. The molecule has 0 unspecified atom stereocenters. The zero-order valence-corrected chi connectivity index (χ0v) is 12.4. The van der Waals surface area contributed by atoms with Crippen LogP contribution in [0.4, 0.5) is 4.39 Å². The Kier molecular flexibility index (Phi) is 4.60. The fourth-order valence-corrected chi connectivity index (χ4v) is 3.92. The lowest BCUT2D eigenvalue weighted by Gasteiger charge is -2.28. The van der Waals surface area contributed by atoms with Crippen molar-refractivity contribution in [2.45, 2.75) is 26.3 Å². The number of benzene rings is 1. The van der Waals surface area contributed by atoms with Gasteiger partial charge >= 0.3 is 0 Å². The molecule has 6 nitrogen and oxygen atoms in total. The number of amides is 1. The zero-order chi connectivity index (χ0) is 15.6. The van der Waals surface area contributed by atoms with Crippen LogP contribution in [-0.2, 0) is 23.0 Å². The van der Waals surface area contributed by atoms with Gasteiger partial charge in [0.05, 0.1) is 11.3 Å². The van der Waals surface area contributed by atoms with Crippen LogP contribution in [-0.4, -0.2) is 36.1 Å². The van der Waals surface area contributed by atoms with Crippen molar-refractivity contribution in [1.29, 1.82) is 0 Å². The van der Waals surface area contributed by atoms with Gasteiger partial charge in [-0.05, 0) is 30.0 Å². The molecular weight excluding hydrogens is 299 g/mol. The summed E-state index contributed by atoms with van der Waals surface area (Å²) in [7, 11) is -3.33. The van der Waals surface area contributed by atoms with E-state index in [1.807, 2.05) is 0 Å². The number of hydroxylamine groups is 1. The van der Waals surface area contributed by atoms with Gasteiger partial charge in [-0.15, -0.1) is 0 Å². The summed E-state index contributed by atoms with van der Waals surface area (Å²) >= 11 is 0. The first-order valence-electron chi connectivity index (χ1n) is 6.63. The van der Waals surface area contributed by atoms with Gasteiger partial charge in [-0.3, -0.25) is 10.0 Å². The van der Waals surface area contributed by atoms with E-state index in [2.05, 4.69) is 0 Å². The predicted octanol–water partition coefficient (Wildman–Crippen LogP) is 1.04. The van der Waals surface area contributed by atoms with Crippen LogP contribution in [0.2, 0.25) is 0 Å². The minimum absolute atomic E-state index is 0.0653. The molecule has 1 aromatic carbocycles. The molecule has 2 rings (SSSR count). The average Bonchev–Trinajstić information content (AvgIpc) is 2.46. The lowest BCUT2D eigenvalue weighted by molar-refractivity contribution is 0.0701. The van der Waals surface area contributed by atoms with Gasteiger partial charge in [0.1, 0.15) is 5.82 Å². The van der Waals surface area contributed by atoms with Crippen molar-refractivity contribution in [2.24, 2.45) is 0 Å². The number of carbonyl (C=O) groups excluding carboxylic acids is 1. The van der Waals surface area contributed by atoms with Gasteiger partial charge in [-0.1, -0.05) is 13.0 Å². The number of sulfonamides is 1. The Morgan fingerprint density at radius 1 is 1.48 bits per heavy atom. The topological polar surface area (TPSA) is 86.7 Å². The summed E-state index contributed by atoms with van der Waals surface area (Å²) in [6.45, 7) is 2.08. The van der Waals surface area contributed by atoms with Crippen LogP contribution in [0, 0.1) is 5.82 Å². The van der Waals surface area contributed by atoms with Gasteiger partial charge in [0.25, 0.3) is 5.91 Å². The molecule has 0 aliphatic carbocycles. The molecule has 0 fully saturated rings. The van der Waals surface area contributed by atoms with Crippen molar-refractivity contribution < 1.29 is 22.8 Å². The molecule has 116 valence electrons. The Morgan fingerprint density at radius 3 is 2.81 bits per heavy atom. The first-order valence-corrected chi connectivity index (χ1v) is 8.24. The van der Waals surface area contributed by atoms with Gasteiger partial charge in [0, 0.05) is 13.1 Å². The maximum atomic E-state index is 14.2. The zero-order valence-electron chi connectivity index (χ0n) is 11.6. The second-order valence-corrected chi connectivity index (χ2v) is 6.99.